The molecule has 0 heterocycles. The molecular weight excluding hydrogens is 578 g/mol. The third-order valence-electron chi connectivity index (χ3n) is 12.5. The second-order valence-corrected chi connectivity index (χ2v) is 14.7. The van der Waals surface area contributed by atoms with Gasteiger partial charge in [-0.05, 0) is 97.9 Å². The number of hydrogen-bond donors (Lipinski definition) is 1. The van der Waals surface area contributed by atoms with E-state index in [1.165, 1.54) is 19.9 Å². The predicted molar refractivity (Wildman–Crippen MR) is 164 cm³/mol. The molecule has 0 aliphatic heterocycles. The molecule has 0 unspecified atom stereocenters. The van der Waals surface area contributed by atoms with Crippen molar-refractivity contribution >= 4 is 23.6 Å². The van der Waals surface area contributed by atoms with Crippen LogP contribution in [-0.4, -0.2) is 46.2 Å². The van der Waals surface area contributed by atoms with Gasteiger partial charge in [0.05, 0.1) is 16.6 Å². The quantitative estimate of drug-likeness (QED) is 0.147. The molecule has 1 aromatic carbocycles. The lowest BCUT2D eigenvalue weighted by atomic mass is 9.43. The average molecular weight is 628 g/mol. The zero-order valence-corrected chi connectivity index (χ0v) is 27.2. The fourth-order valence-electron chi connectivity index (χ4n) is 10.4. The third-order valence-corrected chi connectivity index (χ3v) is 12.5. The molecule has 0 saturated heterocycles. The molecular formula is C35H49NO9. The number of benzene rings is 1. The Bertz CT molecular complexity index is 1300. The molecule has 4 fully saturated rings. The zero-order chi connectivity index (χ0) is 32.7. The molecule has 248 valence electrons. The lowest BCUT2D eigenvalue weighted by molar-refractivity contribution is -0.385. The van der Waals surface area contributed by atoms with Crippen LogP contribution < -0.4 is 0 Å². The molecule has 0 amide bonds. The minimum atomic E-state index is -0.524. The minimum Gasteiger partial charge on any atom is -0.463 e. The lowest BCUT2D eigenvalue weighted by Crippen LogP contribution is -2.63. The molecule has 10 nitrogen and oxygen atoms in total. The second-order valence-electron chi connectivity index (χ2n) is 14.7. The molecule has 0 spiro atoms. The molecule has 0 radical (unpaired) electrons. The highest BCUT2D eigenvalue weighted by Gasteiger charge is 2.66. The van der Waals surface area contributed by atoms with Gasteiger partial charge in [0.15, 0.2) is 0 Å². The topological polar surface area (TPSA) is 142 Å². The normalized spacial score (nSPS) is 37.7. The van der Waals surface area contributed by atoms with Crippen molar-refractivity contribution < 1.29 is 38.6 Å². The Morgan fingerprint density at radius 1 is 1.02 bits per heavy atom. The Morgan fingerprint density at radius 3 is 2.42 bits per heavy atom. The summed E-state index contributed by atoms with van der Waals surface area (Å²) in [7, 11) is 0. The number of nitrogens with zero attached hydrogens (tertiary/aromatic N) is 1. The van der Waals surface area contributed by atoms with Gasteiger partial charge < -0.3 is 19.3 Å². The molecule has 11 atom stereocenters. The van der Waals surface area contributed by atoms with Gasteiger partial charge in [-0.25, -0.2) is 0 Å². The van der Waals surface area contributed by atoms with Gasteiger partial charge in [0.25, 0.3) is 5.69 Å². The van der Waals surface area contributed by atoms with Crippen LogP contribution in [-0.2, 0) is 35.2 Å². The second kappa shape index (κ2) is 13.0. The monoisotopic (exact) mass is 627 g/mol. The Morgan fingerprint density at radius 2 is 1.73 bits per heavy atom. The van der Waals surface area contributed by atoms with E-state index in [0.29, 0.717) is 18.4 Å². The van der Waals surface area contributed by atoms with Crippen LogP contribution in [0.1, 0.15) is 98.0 Å². The maximum atomic E-state index is 12.7. The Labute approximate surface area is 265 Å². The van der Waals surface area contributed by atoms with E-state index in [1.54, 1.807) is 18.2 Å². The zero-order valence-electron chi connectivity index (χ0n) is 27.2. The van der Waals surface area contributed by atoms with Crippen molar-refractivity contribution in [2.24, 2.45) is 46.3 Å². The van der Waals surface area contributed by atoms with E-state index in [0.717, 1.165) is 38.5 Å². The van der Waals surface area contributed by atoms with Crippen LogP contribution >= 0.6 is 0 Å². The van der Waals surface area contributed by atoms with Crippen LogP contribution in [0.25, 0.3) is 0 Å². The highest BCUT2D eigenvalue weighted by Crippen LogP contribution is 2.69. The van der Waals surface area contributed by atoms with Gasteiger partial charge in [0.1, 0.15) is 18.8 Å². The number of carbonyl (C=O) groups excluding carboxylic acids is 3. The maximum absolute atomic E-state index is 12.7. The standard InChI is InChI=1S/C35H49NO9/c1-20(10-13-32(40)43-19-23-8-6-7-9-29(23)36(41)42)26-11-12-27-33-28(18-31(39)35(26,27)5)34(4)15-14-25(44-21(2)37)16-24(34)17-30(33)45-22(3)38/h6-9,20,24-28,30-31,33,39H,10-19H2,1-5H3/t20-,24+,25-,26-,27+,28+,30-,31+,33+,34+,35-/m1/s1. The van der Waals surface area contributed by atoms with Crippen LogP contribution in [0.2, 0.25) is 0 Å². The van der Waals surface area contributed by atoms with Gasteiger partial charge in [0, 0.05) is 32.3 Å². The number of hydrogen-bond acceptors (Lipinski definition) is 9. The van der Waals surface area contributed by atoms with Crippen molar-refractivity contribution in [3.63, 3.8) is 0 Å². The van der Waals surface area contributed by atoms with Crippen LogP contribution in [0.15, 0.2) is 24.3 Å². The number of aliphatic hydroxyl groups excluding tert-OH is 1. The first-order chi connectivity index (χ1) is 21.2. The smallest absolute Gasteiger partial charge is 0.306 e. The molecule has 4 aliphatic rings. The first kappa shape index (κ1) is 33.4. The molecule has 10 heteroatoms. The first-order valence-electron chi connectivity index (χ1n) is 16.7. The van der Waals surface area contributed by atoms with Gasteiger partial charge in [-0.15, -0.1) is 0 Å². The summed E-state index contributed by atoms with van der Waals surface area (Å²) < 4.78 is 17.1. The van der Waals surface area contributed by atoms with Gasteiger partial charge >= 0.3 is 17.9 Å². The summed E-state index contributed by atoms with van der Waals surface area (Å²) in [6.07, 6.45) is 5.60. The maximum Gasteiger partial charge on any atom is 0.306 e. The van der Waals surface area contributed by atoms with Gasteiger partial charge in [-0.2, -0.15) is 0 Å². The Balaban J connectivity index is 1.28. The van der Waals surface area contributed by atoms with Crippen LogP contribution in [0.4, 0.5) is 5.69 Å². The minimum absolute atomic E-state index is 0.0401. The van der Waals surface area contributed by atoms with E-state index in [4.69, 9.17) is 14.2 Å². The summed E-state index contributed by atoms with van der Waals surface area (Å²) in [6.45, 7) is 9.46. The molecule has 1 aromatic rings. The van der Waals surface area contributed by atoms with Crippen molar-refractivity contribution in [1.82, 2.24) is 0 Å². The lowest BCUT2D eigenvalue weighted by Gasteiger charge is -2.64. The number of aliphatic hydroxyl groups is 1. The summed E-state index contributed by atoms with van der Waals surface area (Å²) in [5.41, 5.74) is -0.131. The third kappa shape index (κ3) is 6.36. The van der Waals surface area contributed by atoms with E-state index in [1.807, 2.05) is 0 Å². The van der Waals surface area contributed by atoms with Crippen molar-refractivity contribution in [2.45, 2.75) is 117 Å². The van der Waals surface area contributed by atoms with E-state index < -0.39 is 17.0 Å². The molecule has 5 rings (SSSR count). The summed E-state index contributed by atoms with van der Waals surface area (Å²) in [4.78, 5) is 47.6. The number of rotatable bonds is 9. The Hall–Kier alpha value is -3.01. The van der Waals surface area contributed by atoms with Gasteiger partial charge in [-0.3, -0.25) is 24.5 Å². The van der Waals surface area contributed by atoms with E-state index in [2.05, 4.69) is 20.8 Å². The molecule has 4 saturated carbocycles. The van der Waals surface area contributed by atoms with Crippen molar-refractivity contribution in [3.8, 4) is 0 Å². The highest BCUT2D eigenvalue weighted by molar-refractivity contribution is 5.69. The summed E-state index contributed by atoms with van der Waals surface area (Å²) >= 11 is 0. The fourth-order valence-corrected chi connectivity index (χ4v) is 10.4. The first-order valence-corrected chi connectivity index (χ1v) is 16.7. The highest BCUT2D eigenvalue weighted by atomic mass is 16.6. The average Bonchev–Trinajstić information content (AvgIpc) is 3.34. The number of esters is 3. The van der Waals surface area contributed by atoms with E-state index >= 15 is 0 Å². The van der Waals surface area contributed by atoms with Crippen LogP contribution in [0.5, 0.6) is 0 Å². The number of carbonyl (C=O) groups is 3. The van der Waals surface area contributed by atoms with Gasteiger partial charge in [0.2, 0.25) is 0 Å². The number of fused-ring (bicyclic) bond motifs is 5. The molecule has 0 bridgehead atoms. The molecule has 1 N–H and O–H groups in total. The van der Waals surface area contributed by atoms with Crippen molar-refractivity contribution in [3.05, 3.63) is 39.9 Å². The van der Waals surface area contributed by atoms with Gasteiger partial charge in [-0.1, -0.05) is 32.9 Å². The number of para-hydroxylation sites is 1. The number of nitro groups is 1. The van der Waals surface area contributed by atoms with Crippen molar-refractivity contribution in [2.75, 3.05) is 0 Å². The SMILES string of the molecule is CC(=O)O[C@@H]1CC[C@@]2(C)[C@@H](C1)C[C@@H](OC(C)=O)[C@@H]1[C@@H]2C[C@H](O)[C@]2(C)[C@@H]([C@H](C)CCC(=O)OCc3ccccc3[N+](=O)[O-])CC[C@@H]12. The van der Waals surface area contributed by atoms with E-state index in [-0.39, 0.29) is 89.2 Å². The number of ether oxygens (including phenoxy) is 3. The van der Waals surface area contributed by atoms with E-state index in [9.17, 15) is 29.6 Å². The summed E-state index contributed by atoms with van der Waals surface area (Å²) in [5.74, 6) is 0.120. The predicted octanol–water partition coefficient (Wildman–Crippen LogP) is 6.16. The van der Waals surface area contributed by atoms with Crippen LogP contribution in [0.3, 0.4) is 0 Å². The fraction of sp³-hybridized carbons (Fsp3) is 0.743. The summed E-state index contributed by atoms with van der Waals surface area (Å²) in [5, 5.41) is 23.3. The van der Waals surface area contributed by atoms with Crippen LogP contribution in [0, 0.1) is 56.5 Å². The molecule has 0 aromatic heterocycles. The Kier molecular flexibility index (Phi) is 9.64. The summed E-state index contributed by atoms with van der Waals surface area (Å²) in [6, 6.07) is 6.25. The van der Waals surface area contributed by atoms with Crippen molar-refractivity contribution in [1.29, 1.82) is 0 Å². The largest absolute Gasteiger partial charge is 0.463 e. The molecule has 45 heavy (non-hydrogen) atoms. The number of nitro benzene ring substituents is 1. The molecule has 4 aliphatic carbocycles.